The molecule has 1 N–H and O–H groups in total. The van der Waals surface area contributed by atoms with Gasteiger partial charge in [-0.3, -0.25) is 9.78 Å². The molecule has 3 heterocycles. The minimum atomic E-state index is -0.0848. The summed E-state index contributed by atoms with van der Waals surface area (Å²) in [5.74, 6) is 1.46. The Morgan fingerprint density at radius 2 is 1.93 bits per heavy atom. The maximum absolute atomic E-state index is 12.5. The molecule has 0 spiro atoms. The van der Waals surface area contributed by atoms with E-state index in [9.17, 15) is 4.79 Å². The normalized spacial score (nSPS) is 22.3. The standard InChI is InChI=1S/C23H32N4O2/c1-23(2)9-6-10-27(19(17-23)15-18-7-4-3-5-8-18)22-24-20(16-21(28)25-22)26-11-13-29-14-12-26/h3-5,7-8,16,19H,6,9-15,17H2,1-2H3,(H,24,25,28)/t19-/m1/s1. The number of anilines is 2. The van der Waals surface area contributed by atoms with Crippen LogP contribution in [0.3, 0.4) is 0 Å². The van der Waals surface area contributed by atoms with Gasteiger partial charge in [0, 0.05) is 31.7 Å². The van der Waals surface area contributed by atoms with Gasteiger partial charge in [-0.25, -0.2) is 0 Å². The van der Waals surface area contributed by atoms with Gasteiger partial charge in [0.2, 0.25) is 5.95 Å². The van der Waals surface area contributed by atoms with Crippen molar-refractivity contribution in [2.75, 3.05) is 42.6 Å². The molecule has 2 aliphatic rings. The van der Waals surface area contributed by atoms with Crippen LogP contribution in [-0.4, -0.2) is 48.9 Å². The summed E-state index contributed by atoms with van der Waals surface area (Å²) in [4.78, 5) is 24.9. The maximum atomic E-state index is 12.5. The summed E-state index contributed by atoms with van der Waals surface area (Å²) in [6.07, 6.45) is 4.31. The Labute approximate surface area is 172 Å². The highest BCUT2D eigenvalue weighted by Crippen LogP contribution is 2.35. The molecule has 1 atom stereocenters. The maximum Gasteiger partial charge on any atom is 0.254 e. The van der Waals surface area contributed by atoms with Crippen molar-refractivity contribution in [3.8, 4) is 0 Å². The molecule has 2 aliphatic heterocycles. The van der Waals surface area contributed by atoms with Crippen molar-refractivity contribution in [3.63, 3.8) is 0 Å². The van der Waals surface area contributed by atoms with E-state index >= 15 is 0 Å². The largest absolute Gasteiger partial charge is 0.378 e. The molecule has 2 fully saturated rings. The van der Waals surface area contributed by atoms with Gasteiger partial charge in [-0.2, -0.15) is 4.98 Å². The quantitative estimate of drug-likeness (QED) is 0.860. The first kappa shape index (κ1) is 20.0. The lowest BCUT2D eigenvalue weighted by atomic mass is 9.81. The smallest absolute Gasteiger partial charge is 0.254 e. The second-order valence-corrected chi connectivity index (χ2v) is 9.04. The Morgan fingerprint density at radius 3 is 2.69 bits per heavy atom. The Morgan fingerprint density at radius 1 is 1.17 bits per heavy atom. The topological polar surface area (TPSA) is 61.5 Å². The number of H-pyrrole nitrogens is 1. The fourth-order valence-corrected chi connectivity index (χ4v) is 4.63. The number of hydrogen-bond donors (Lipinski definition) is 1. The SMILES string of the molecule is CC1(C)CCCN(c2nc(N3CCOCC3)cc(=O)[nH]2)[C@H](Cc2ccccc2)C1. The van der Waals surface area contributed by atoms with Gasteiger partial charge in [-0.1, -0.05) is 44.2 Å². The molecular weight excluding hydrogens is 364 g/mol. The second kappa shape index (κ2) is 8.57. The predicted molar refractivity (Wildman–Crippen MR) is 117 cm³/mol. The van der Waals surface area contributed by atoms with Gasteiger partial charge in [-0.15, -0.1) is 0 Å². The van der Waals surface area contributed by atoms with E-state index in [1.807, 2.05) is 0 Å². The fourth-order valence-electron chi connectivity index (χ4n) is 4.63. The van der Waals surface area contributed by atoms with E-state index in [1.54, 1.807) is 6.07 Å². The average Bonchev–Trinajstić information content (AvgIpc) is 2.86. The van der Waals surface area contributed by atoms with Gasteiger partial charge < -0.3 is 14.5 Å². The van der Waals surface area contributed by atoms with Gasteiger partial charge >= 0.3 is 0 Å². The summed E-state index contributed by atoms with van der Waals surface area (Å²) in [6, 6.07) is 12.6. The number of morpholine rings is 1. The Kier molecular flexibility index (Phi) is 5.90. The molecule has 0 aliphatic carbocycles. The molecule has 156 valence electrons. The average molecular weight is 397 g/mol. The summed E-state index contributed by atoms with van der Waals surface area (Å²) >= 11 is 0. The van der Waals surface area contributed by atoms with Gasteiger partial charge in [0.05, 0.1) is 13.2 Å². The third-order valence-electron chi connectivity index (χ3n) is 6.12. The van der Waals surface area contributed by atoms with Crippen LogP contribution in [0.25, 0.3) is 0 Å². The van der Waals surface area contributed by atoms with E-state index in [4.69, 9.17) is 9.72 Å². The molecule has 1 aromatic carbocycles. The molecule has 29 heavy (non-hydrogen) atoms. The minimum Gasteiger partial charge on any atom is -0.378 e. The number of hydrogen-bond acceptors (Lipinski definition) is 5. The van der Waals surface area contributed by atoms with E-state index in [-0.39, 0.29) is 11.0 Å². The van der Waals surface area contributed by atoms with Crippen molar-refractivity contribution in [1.29, 1.82) is 0 Å². The molecule has 6 heteroatoms. The van der Waals surface area contributed by atoms with Crippen LogP contribution in [0.5, 0.6) is 0 Å². The van der Waals surface area contributed by atoms with Crippen LogP contribution in [0.4, 0.5) is 11.8 Å². The number of nitrogens with one attached hydrogen (secondary N) is 1. The van der Waals surface area contributed by atoms with Crippen molar-refractivity contribution in [2.24, 2.45) is 5.41 Å². The van der Waals surface area contributed by atoms with Crippen molar-refractivity contribution < 1.29 is 4.74 Å². The lowest BCUT2D eigenvalue weighted by Crippen LogP contribution is -2.41. The summed E-state index contributed by atoms with van der Waals surface area (Å²) in [6.45, 7) is 8.53. The van der Waals surface area contributed by atoms with Crippen LogP contribution in [0.2, 0.25) is 0 Å². The van der Waals surface area contributed by atoms with Gasteiger partial charge in [0.1, 0.15) is 5.82 Å². The first-order valence-electron chi connectivity index (χ1n) is 10.7. The van der Waals surface area contributed by atoms with E-state index in [0.717, 1.165) is 44.7 Å². The Hall–Kier alpha value is -2.34. The summed E-state index contributed by atoms with van der Waals surface area (Å²) in [5, 5.41) is 0. The van der Waals surface area contributed by atoms with E-state index < -0.39 is 0 Å². The first-order chi connectivity index (χ1) is 14.0. The van der Waals surface area contributed by atoms with Crippen LogP contribution in [0.15, 0.2) is 41.2 Å². The molecular formula is C23H32N4O2. The monoisotopic (exact) mass is 396 g/mol. The number of aromatic amines is 1. The number of aromatic nitrogens is 2. The summed E-state index contributed by atoms with van der Waals surface area (Å²) in [5.41, 5.74) is 1.52. The number of rotatable bonds is 4. The molecule has 6 nitrogen and oxygen atoms in total. The molecule has 2 aromatic rings. The van der Waals surface area contributed by atoms with Crippen molar-refractivity contribution in [2.45, 2.75) is 45.6 Å². The summed E-state index contributed by atoms with van der Waals surface area (Å²) < 4.78 is 5.46. The van der Waals surface area contributed by atoms with Crippen molar-refractivity contribution in [1.82, 2.24) is 9.97 Å². The molecule has 0 amide bonds. The Balaban J connectivity index is 1.66. The molecule has 0 saturated carbocycles. The van der Waals surface area contributed by atoms with E-state index in [2.05, 4.69) is 59.0 Å². The number of ether oxygens (including phenoxy) is 1. The Bertz CT molecular complexity index is 859. The molecule has 0 bridgehead atoms. The van der Waals surface area contributed by atoms with E-state index in [1.165, 1.54) is 12.0 Å². The third kappa shape index (κ3) is 4.99. The molecule has 4 rings (SSSR count). The van der Waals surface area contributed by atoms with Gasteiger partial charge in [0.25, 0.3) is 5.56 Å². The zero-order valence-corrected chi connectivity index (χ0v) is 17.6. The zero-order valence-electron chi connectivity index (χ0n) is 17.6. The van der Waals surface area contributed by atoms with E-state index in [0.29, 0.717) is 25.2 Å². The highest BCUT2D eigenvalue weighted by molar-refractivity contribution is 5.45. The highest BCUT2D eigenvalue weighted by atomic mass is 16.5. The van der Waals surface area contributed by atoms with Crippen LogP contribution >= 0.6 is 0 Å². The first-order valence-corrected chi connectivity index (χ1v) is 10.7. The zero-order chi connectivity index (χ0) is 20.3. The lowest BCUT2D eigenvalue weighted by molar-refractivity contribution is 0.122. The minimum absolute atomic E-state index is 0.0848. The highest BCUT2D eigenvalue weighted by Gasteiger charge is 2.32. The number of nitrogens with zero attached hydrogens (tertiary/aromatic N) is 3. The molecule has 0 unspecified atom stereocenters. The van der Waals surface area contributed by atoms with Gasteiger partial charge in [-0.05, 0) is 36.7 Å². The lowest BCUT2D eigenvalue weighted by Gasteiger charge is -2.34. The van der Waals surface area contributed by atoms with Crippen LogP contribution in [-0.2, 0) is 11.2 Å². The van der Waals surface area contributed by atoms with Crippen molar-refractivity contribution >= 4 is 11.8 Å². The fraction of sp³-hybridized carbons (Fsp3) is 0.565. The van der Waals surface area contributed by atoms with Crippen LogP contribution < -0.4 is 15.4 Å². The second-order valence-electron chi connectivity index (χ2n) is 9.04. The molecule has 0 radical (unpaired) electrons. The van der Waals surface area contributed by atoms with Crippen LogP contribution in [0, 0.1) is 5.41 Å². The molecule has 2 saturated heterocycles. The molecule has 1 aromatic heterocycles. The predicted octanol–water partition coefficient (Wildman–Crippen LogP) is 3.23. The third-order valence-corrected chi connectivity index (χ3v) is 6.12. The van der Waals surface area contributed by atoms with Crippen LogP contribution in [0.1, 0.15) is 38.7 Å². The van der Waals surface area contributed by atoms with Gasteiger partial charge in [0.15, 0.2) is 0 Å². The van der Waals surface area contributed by atoms with Crippen molar-refractivity contribution in [3.05, 3.63) is 52.3 Å². The summed E-state index contributed by atoms with van der Waals surface area (Å²) in [7, 11) is 0. The number of benzene rings is 1.